The molecule has 4 nitrogen and oxygen atoms in total. The van der Waals surface area contributed by atoms with Crippen LogP contribution in [0, 0.1) is 13.8 Å². The van der Waals surface area contributed by atoms with Gasteiger partial charge >= 0.3 is 0 Å². The highest BCUT2D eigenvalue weighted by Gasteiger charge is 2.06. The van der Waals surface area contributed by atoms with Crippen LogP contribution < -0.4 is 4.43 Å². The lowest BCUT2D eigenvalue weighted by molar-refractivity contribution is 0.581. The second-order valence-corrected chi connectivity index (χ2v) is 6.79. The molecule has 0 fully saturated rings. The van der Waals surface area contributed by atoms with Gasteiger partial charge < -0.3 is 4.43 Å². The monoisotopic (exact) mass is 284 g/mol. The smallest absolute Gasteiger partial charge is 0.274 e. The average Bonchev–Trinajstić information content (AvgIpc) is 2.39. The van der Waals surface area contributed by atoms with Crippen LogP contribution in [0.1, 0.15) is 17.0 Å². The normalized spacial score (nSPS) is 11.2. The third kappa shape index (κ3) is 3.74. The van der Waals surface area contributed by atoms with Gasteiger partial charge in [-0.25, -0.2) is 0 Å². The van der Waals surface area contributed by atoms with Crippen molar-refractivity contribution in [2.24, 2.45) is 4.99 Å². The summed E-state index contributed by atoms with van der Waals surface area (Å²) in [5.74, 6) is 0.835. The molecule has 103 valence electrons. The highest BCUT2D eigenvalue weighted by molar-refractivity contribution is 6.49. The van der Waals surface area contributed by atoms with Crippen LogP contribution in [0.15, 0.2) is 35.6 Å². The van der Waals surface area contributed by atoms with E-state index < -0.39 is 9.04 Å². The van der Waals surface area contributed by atoms with Gasteiger partial charge in [-0.15, -0.1) is 0 Å². The van der Waals surface area contributed by atoms with E-state index in [2.05, 4.69) is 28.1 Å². The van der Waals surface area contributed by atoms with E-state index in [1.165, 1.54) is 0 Å². The van der Waals surface area contributed by atoms with Crippen molar-refractivity contribution >= 4 is 20.9 Å². The van der Waals surface area contributed by atoms with Crippen molar-refractivity contribution < 1.29 is 4.43 Å². The number of aliphatic imine (C=N–C) groups is 1. The van der Waals surface area contributed by atoms with Gasteiger partial charge in [-0.1, -0.05) is 6.07 Å². The Kier molecular flexibility index (Phi) is 4.63. The summed E-state index contributed by atoms with van der Waals surface area (Å²) >= 11 is 0. The molecule has 1 aromatic carbocycles. The van der Waals surface area contributed by atoms with Crippen LogP contribution in [0.25, 0.3) is 0 Å². The topological polar surface area (TPSA) is 47.4 Å². The second-order valence-electron chi connectivity index (χ2n) is 4.77. The molecule has 0 aliphatic carbocycles. The highest BCUT2D eigenvalue weighted by Crippen LogP contribution is 2.29. The Hall–Kier alpha value is -2.01. The summed E-state index contributed by atoms with van der Waals surface area (Å²) in [7, 11) is -0.817. The summed E-state index contributed by atoms with van der Waals surface area (Å²) in [5, 5.41) is 0. The molecule has 5 heteroatoms. The van der Waals surface area contributed by atoms with Gasteiger partial charge in [0.15, 0.2) is 0 Å². The predicted octanol–water partition coefficient (Wildman–Crippen LogP) is 3.47. The third-order valence-electron chi connectivity index (χ3n) is 2.67. The lowest BCUT2D eigenvalue weighted by Crippen LogP contribution is -2.11. The first-order valence-corrected chi connectivity index (χ1v) is 8.87. The number of aryl methyl sites for hydroxylation is 2. The number of hydrogen-bond donors (Lipinski definition) is 0. The summed E-state index contributed by atoms with van der Waals surface area (Å²) in [6, 6.07) is 6.02. The van der Waals surface area contributed by atoms with E-state index in [1.54, 1.807) is 18.6 Å². The molecule has 0 N–H and O–H groups in total. The summed E-state index contributed by atoms with van der Waals surface area (Å²) in [4.78, 5) is 12.9. The van der Waals surface area contributed by atoms with Crippen molar-refractivity contribution in [1.29, 1.82) is 0 Å². The molecule has 2 aromatic rings. The molecule has 0 unspecified atom stereocenters. The summed E-state index contributed by atoms with van der Waals surface area (Å²) in [5.41, 5.74) is 3.63. The fraction of sp³-hybridized carbons (Fsp3) is 0.267. The first-order valence-electron chi connectivity index (χ1n) is 6.46. The quantitative estimate of drug-likeness (QED) is 0.638. The van der Waals surface area contributed by atoms with Crippen LogP contribution in [0.3, 0.4) is 0 Å². The van der Waals surface area contributed by atoms with Gasteiger partial charge in [0.2, 0.25) is 0 Å². The van der Waals surface area contributed by atoms with Gasteiger partial charge in [0.05, 0.1) is 11.9 Å². The lowest BCUT2D eigenvalue weighted by atomic mass is 10.2. The summed E-state index contributed by atoms with van der Waals surface area (Å²) < 4.78 is 5.90. The Morgan fingerprint density at radius 1 is 1.15 bits per heavy atom. The number of aromatic nitrogens is 2. The van der Waals surface area contributed by atoms with Crippen LogP contribution >= 0.6 is 0 Å². The SMILES string of the molecule is Cc1ccc(N=Cc2nccnc2C)c(O[Si](C)C)c1. The number of rotatable bonds is 4. The highest BCUT2D eigenvalue weighted by atomic mass is 28.3. The van der Waals surface area contributed by atoms with Gasteiger partial charge in [-0.3, -0.25) is 15.0 Å². The van der Waals surface area contributed by atoms with Crippen LogP contribution in [-0.4, -0.2) is 25.2 Å². The largest absolute Gasteiger partial charge is 0.541 e. The van der Waals surface area contributed by atoms with E-state index in [0.29, 0.717) is 0 Å². The molecule has 1 aromatic heterocycles. The number of hydrogen-bond acceptors (Lipinski definition) is 4. The first kappa shape index (κ1) is 14.4. The van der Waals surface area contributed by atoms with Crippen LogP contribution in [-0.2, 0) is 0 Å². The zero-order valence-electron chi connectivity index (χ0n) is 12.2. The molecule has 1 heterocycles. The molecular weight excluding hydrogens is 266 g/mol. The van der Waals surface area contributed by atoms with Gasteiger partial charge in [0, 0.05) is 12.4 Å². The first-order chi connectivity index (χ1) is 9.56. The minimum absolute atomic E-state index is 0.776. The molecule has 0 saturated heterocycles. The average molecular weight is 284 g/mol. The van der Waals surface area contributed by atoms with Crippen molar-refractivity contribution in [3.05, 3.63) is 47.5 Å². The third-order valence-corrected chi connectivity index (χ3v) is 3.30. The molecule has 0 saturated carbocycles. The van der Waals surface area contributed by atoms with Crippen LogP contribution in [0.2, 0.25) is 13.1 Å². The minimum Gasteiger partial charge on any atom is -0.541 e. The molecular formula is C15H18N3OSi. The zero-order chi connectivity index (χ0) is 14.5. The molecule has 0 atom stereocenters. The van der Waals surface area contributed by atoms with Crippen molar-refractivity contribution in [1.82, 2.24) is 9.97 Å². The van der Waals surface area contributed by atoms with Gasteiger partial charge in [-0.2, -0.15) is 0 Å². The summed E-state index contributed by atoms with van der Waals surface area (Å²) in [6.45, 7) is 8.17. The van der Waals surface area contributed by atoms with Gasteiger partial charge in [-0.05, 0) is 44.6 Å². The van der Waals surface area contributed by atoms with Crippen molar-refractivity contribution in [2.75, 3.05) is 0 Å². The second kappa shape index (κ2) is 6.43. The fourth-order valence-electron chi connectivity index (χ4n) is 1.71. The Morgan fingerprint density at radius 3 is 2.60 bits per heavy atom. The molecule has 0 aliphatic heterocycles. The van der Waals surface area contributed by atoms with E-state index in [4.69, 9.17) is 4.43 Å². The Bertz CT molecular complexity index is 626. The predicted molar refractivity (Wildman–Crippen MR) is 83.3 cm³/mol. The Balaban J connectivity index is 2.31. The minimum atomic E-state index is -0.817. The van der Waals surface area contributed by atoms with E-state index >= 15 is 0 Å². The molecule has 0 aliphatic rings. The van der Waals surface area contributed by atoms with Gasteiger partial charge in [0.1, 0.15) is 17.1 Å². The molecule has 0 spiro atoms. The maximum atomic E-state index is 5.90. The lowest BCUT2D eigenvalue weighted by Gasteiger charge is -2.11. The number of benzene rings is 1. The van der Waals surface area contributed by atoms with E-state index in [1.807, 2.05) is 32.0 Å². The molecule has 0 amide bonds. The molecule has 1 radical (unpaired) electrons. The molecule has 0 bridgehead atoms. The van der Waals surface area contributed by atoms with Crippen LogP contribution in [0.4, 0.5) is 5.69 Å². The van der Waals surface area contributed by atoms with Crippen molar-refractivity contribution in [3.63, 3.8) is 0 Å². The van der Waals surface area contributed by atoms with Crippen molar-refractivity contribution in [2.45, 2.75) is 26.9 Å². The Morgan fingerprint density at radius 2 is 1.90 bits per heavy atom. The summed E-state index contributed by atoms with van der Waals surface area (Å²) in [6.07, 6.45) is 5.08. The van der Waals surface area contributed by atoms with E-state index in [0.717, 1.165) is 28.4 Å². The van der Waals surface area contributed by atoms with Crippen LogP contribution in [0.5, 0.6) is 5.75 Å². The maximum Gasteiger partial charge on any atom is 0.274 e. The Labute approximate surface area is 121 Å². The van der Waals surface area contributed by atoms with Crippen molar-refractivity contribution in [3.8, 4) is 5.75 Å². The zero-order valence-corrected chi connectivity index (χ0v) is 13.2. The molecule has 2 rings (SSSR count). The standard InChI is InChI=1S/C15H18N3OSi/c1-11-5-6-13(15(9-11)19-20(3)4)18-10-14-12(2)16-7-8-17-14/h5-10H,1-4H3. The number of nitrogens with zero attached hydrogens (tertiary/aromatic N) is 3. The molecule has 20 heavy (non-hydrogen) atoms. The van der Waals surface area contributed by atoms with E-state index in [-0.39, 0.29) is 0 Å². The maximum absolute atomic E-state index is 5.90. The fourth-order valence-corrected chi connectivity index (χ4v) is 2.31. The van der Waals surface area contributed by atoms with Gasteiger partial charge in [0.25, 0.3) is 9.04 Å². The van der Waals surface area contributed by atoms with E-state index in [9.17, 15) is 0 Å².